The predicted molar refractivity (Wildman–Crippen MR) is 36.3 cm³/mol. The minimum absolute atomic E-state index is 0. The molecule has 1 aromatic rings. The number of hydrogen-bond donors (Lipinski definition) is 1. The van der Waals surface area contributed by atoms with E-state index in [2.05, 4.69) is 0 Å². The summed E-state index contributed by atoms with van der Waals surface area (Å²) in [5, 5.41) is 0. The molecule has 0 radical (unpaired) electrons. The maximum absolute atomic E-state index is 10.4. The molecule has 1 aromatic carbocycles. The van der Waals surface area contributed by atoms with Gasteiger partial charge in [-0.1, -0.05) is 18.2 Å². The number of benzene rings is 1. The van der Waals surface area contributed by atoms with Crippen molar-refractivity contribution >= 4 is 10.1 Å². The molecule has 0 bridgehead atoms. The van der Waals surface area contributed by atoms with Gasteiger partial charge in [0.15, 0.2) is 0 Å². The smallest absolute Gasteiger partial charge is 0.282 e. The van der Waals surface area contributed by atoms with Crippen LogP contribution in [0.1, 0.15) is 0 Å². The first-order valence-electron chi connectivity index (χ1n) is 2.63. The third-order valence-electron chi connectivity index (χ3n) is 1.04. The summed E-state index contributed by atoms with van der Waals surface area (Å²) >= 11 is 0. The molecule has 0 unspecified atom stereocenters. The van der Waals surface area contributed by atoms with Gasteiger partial charge in [-0.2, -0.15) is 8.42 Å². The Hall–Kier alpha value is -0.338. The standard InChI is InChI=1S/C6H6O3S.Cr/c7-10(8,9)6-4-2-1-3-5-6;/h1-5H,(H,7,8,9);. The average Bonchev–Trinajstić information content (AvgIpc) is 1.88. The molecule has 11 heavy (non-hydrogen) atoms. The van der Waals surface area contributed by atoms with Crippen LogP contribution in [-0.4, -0.2) is 13.0 Å². The monoisotopic (exact) mass is 210 g/mol. The first-order valence-corrected chi connectivity index (χ1v) is 4.07. The summed E-state index contributed by atoms with van der Waals surface area (Å²) in [6.45, 7) is 0. The third kappa shape index (κ3) is 3.04. The number of rotatable bonds is 1. The van der Waals surface area contributed by atoms with Crippen LogP contribution in [0.15, 0.2) is 35.2 Å². The summed E-state index contributed by atoms with van der Waals surface area (Å²) in [7, 11) is -4.00. The van der Waals surface area contributed by atoms with E-state index in [1.807, 2.05) is 0 Å². The van der Waals surface area contributed by atoms with Gasteiger partial charge < -0.3 is 0 Å². The summed E-state index contributed by atoms with van der Waals surface area (Å²) in [6, 6.07) is 7.42. The molecule has 0 aliphatic heterocycles. The van der Waals surface area contributed by atoms with E-state index in [9.17, 15) is 8.42 Å². The second-order valence-corrected chi connectivity index (χ2v) is 3.21. The van der Waals surface area contributed by atoms with Crippen molar-refractivity contribution in [2.75, 3.05) is 0 Å². The SMILES string of the molecule is O=S(=O)(O)c1ccccc1.[Cr]. The van der Waals surface area contributed by atoms with Crippen molar-refractivity contribution in [3.8, 4) is 0 Å². The molecule has 3 nitrogen and oxygen atoms in total. The Morgan fingerprint density at radius 3 is 1.82 bits per heavy atom. The topological polar surface area (TPSA) is 54.4 Å². The number of hydrogen-bond acceptors (Lipinski definition) is 2. The predicted octanol–water partition coefficient (Wildman–Crippen LogP) is 0.931. The quantitative estimate of drug-likeness (QED) is 0.701. The summed E-state index contributed by atoms with van der Waals surface area (Å²) in [4.78, 5) is -0.0741. The molecule has 0 saturated carbocycles. The second-order valence-electron chi connectivity index (χ2n) is 1.79. The molecule has 0 spiro atoms. The second kappa shape index (κ2) is 3.88. The maximum atomic E-state index is 10.4. The summed E-state index contributed by atoms with van der Waals surface area (Å²) in [5.41, 5.74) is 0. The maximum Gasteiger partial charge on any atom is 0.294 e. The van der Waals surface area contributed by atoms with Gasteiger partial charge in [-0.15, -0.1) is 0 Å². The van der Waals surface area contributed by atoms with Gasteiger partial charge in [-0.05, 0) is 12.1 Å². The Morgan fingerprint density at radius 1 is 1.09 bits per heavy atom. The van der Waals surface area contributed by atoms with Crippen LogP contribution in [0.5, 0.6) is 0 Å². The first kappa shape index (κ1) is 10.7. The summed E-state index contributed by atoms with van der Waals surface area (Å²) in [6.07, 6.45) is 0. The Labute approximate surface area is 75.9 Å². The molecule has 0 aromatic heterocycles. The minimum atomic E-state index is -4.00. The normalized spacial score (nSPS) is 10.3. The van der Waals surface area contributed by atoms with Crippen molar-refractivity contribution in [3.05, 3.63) is 30.3 Å². The van der Waals surface area contributed by atoms with Gasteiger partial charge in [0.05, 0.1) is 4.90 Å². The van der Waals surface area contributed by atoms with Crippen molar-refractivity contribution in [1.29, 1.82) is 0 Å². The Morgan fingerprint density at radius 2 is 1.55 bits per heavy atom. The molecule has 1 N–H and O–H groups in total. The zero-order valence-corrected chi connectivity index (χ0v) is 7.56. The molecule has 1 rings (SSSR count). The van der Waals surface area contributed by atoms with Gasteiger partial charge in [-0.25, -0.2) is 0 Å². The molecule has 60 valence electrons. The van der Waals surface area contributed by atoms with Crippen LogP contribution < -0.4 is 0 Å². The zero-order valence-electron chi connectivity index (χ0n) is 5.47. The molecule has 0 heterocycles. The van der Waals surface area contributed by atoms with Gasteiger partial charge in [-0.3, -0.25) is 4.55 Å². The van der Waals surface area contributed by atoms with E-state index in [1.165, 1.54) is 12.1 Å². The van der Waals surface area contributed by atoms with E-state index in [1.54, 1.807) is 18.2 Å². The summed E-state index contributed by atoms with van der Waals surface area (Å²) < 4.78 is 29.2. The van der Waals surface area contributed by atoms with Crippen molar-refractivity contribution in [2.45, 2.75) is 4.90 Å². The molecular weight excluding hydrogens is 204 g/mol. The van der Waals surface area contributed by atoms with Gasteiger partial charge in [0.1, 0.15) is 0 Å². The van der Waals surface area contributed by atoms with Crippen LogP contribution in [-0.2, 0) is 27.5 Å². The molecule has 0 aliphatic rings. The van der Waals surface area contributed by atoms with E-state index in [0.29, 0.717) is 0 Å². The van der Waals surface area contributed by atoms with Crippen LogP contribution in [0.25, 0.3) is 0 Å². The Balaban J connectivity index is 0.000001000. The van der Waals surface area contributed by atoms with Crippen LogP contribution in [0.4, 0.5) is 0 Å². The van der Waals surface area contributed by atoms with E-state index in [-0.39, 0.29) is 22.3 Å². The molecule has 0 saturated heterocycles. The Kier molecular flexibility index (Phi) is 3.77. The van der Waals surface area contributed by atoms with E-state index in [0.717, 1.165) is 0 Å². The van der Waals surface area contributed by atoms with Crippen LogP contribution in [0.2, 0.25) is 0 Å². The summed E-state index contributed by atoms with van der Waals surface area (Å²) in [5.74, 6) is 0. The molecule has 0 aliphatic carbocycles. The van der Waals surface area contributed by atoms with Crippen LogP contribution in [0.3, 0.4) is 0 Å². The molecule has 0 atom stereocenters. The first-order chi connectivity index (χ1) is 4.61. The van der Waals surface area contributed by atoms with E-state index < -0.39 is 10.1 Å². The van der Waals surface area contributed by atoms with Gasteiger partial charge in [0.25, 0.3) is 10.1 Å². The van der Waals surface area contributed by atoms with Crippen molar-refractivity contribution in [1.82, 2.24) is 0 Å². The fourth-order valence-electron chi connectivity index (χ4n) is 0.592. The van der Waals surface area contributed by atoms with Gasteiger partial charge in [0.2, 0.25) is 0 Å². The fraction of sp³-hybridized carbons (Fsp3) is 0. The van der Waals surface area contributed by atoms with Gasteiger partial charge in [0, 0.05) is 17.4 Å². The average molecular weight is 210 g/mol. The minimum Gasteiger partial charge on any atom is -0.282 e. The fourth-order valence-corrected chi connectivity index (χ4v) is 1.09. The van der Waals surface area contributed by atoms with Gasteiger partial charge >= 0.3 is 0 Å². The molecular formula is C6H6CrO3S. The van der Waals surface area contributed by atoms with Crippen LogP contribution >= 0.6 is 0 Å². The Bertz CT molecular complexity index is 306. The molecule has 5 heteroatoms. The molecule has 0 amide bonds. The van der Waals surface area contributed by atoms with E-state index in [4.69, 9.17) is 4.55 Å². The molecule has 0 fully saturated rings. The van der Waals surface area contributed by atoms with Crippen LogP contribution in [0, 0.1) is 0 Å². The van der Waals surface area contributed by atoms with Crippen molar-refractivity contribution in [3.63, 3.8) is 0 Å². The van der Waals surface area contributed by atoms with Crippen molar-refractivity contribution < 1.29 is 30.3 Å². The third-order valence-corrected chi connectivity index (χ3v) is 1.91. The van der Waals surface area contributed by atoms with E-state index >= 15 is 0 Å². The largest absolute Gasteiger partial charge is 0.294 e. The van der Waals surface area contributed by atoms with Crippen molar-refractivity contribution in [2.24, 2.45) is 0 Å². The zero-order chi connectivity index (χ0) is 7.61.